The topological polar surface area (TPSA) is 118 Å². The van der Waals surface area contributed by atoms with Crippen LogP contribution in [0, 0.1) is 13.8 Å². The molecule has 0 aliphatic rings. The van der Waals surface area contributed by atoms with Crippen molar-refractivity contribution >= 4 is 44.8 Å². The number of carbonyl (C=O) groups excluding carboxylic acids is 2. The molecule has 168 valence electrons. The zero-order valence-corrected chi connectivity index (χ0v) is 19.0. The van der Waals surface area contributed by atoms with Gasteiger partial charge in [-0.3, -0.25) is 9.59 Å². The van der Waals surface area contributed by atoms with Crippen molar-refractivity contribution in [2.75, 3.05) is 17.2 Å². The molecule has 1 aromatic heterocycles. The van der Waals surface area contributed by atoms with Crippen LogP contribution in [0.1, 0.15) is 28.1 Å². The number of anilines is 2. The van der Waals surface area contributed by atoms with Gasteiger partial charge in [-0.25, -0.2) is 13.1 Å². The molecular formula is C22H22ClN3O5S. The van der Waals surface area contributed by atoms with Gasteiger partial charge in [0.1, 0.15) is 0 Å². The van der Waals surface area contributed by atoms with Gasteiger partial charge in [0.25, 0.3) is 5.91 Å². The molecule has 3 aromatic rings. The molecule has 0 fully saturated rings. The van der Waals surface area contributed by atoms with Gasteiger partial charge in [0.05, 0.1) is 22.5 Å². The molecule has 2 amide bonds. The highest BCUT2D eigenvalue weighted by Crippen LogP contribution is 2.26. The van der Waals surface area contributed by atoms with Crippen LogP contribution in [0.3, 0.4) is 0 Å². The zero-order valence-electron chi connectivity index (χ0n) is 17.4. The van der Waals surface area contributed by atoms with Gasteiger partial charge in [-0.2, -0.15) is 0 Å². The highest BCUT2D eigenvalue weighted by Gasteiger charge is 2.16. The summed E-state index contributed by atoms with van der Waals surface area (Å²) in [4.78, 5) is 24.8. The number of halogens is 1. The van der Waals surface area contributed by atoms with E-state index < -0.39 is 21.8 Å². The first kappa shape index (κ1) is 23.5. The predicted molar refractivity (Wildman–Crippen MR) is 122 cm³/mol. The number of sulfonamides is 1. The van der Waals surface area contributed by atoms with E-state index >= 15 is 0 Å². The maximum atomic E-state index is 12.4. The number of benzene rings is 2. The van der Waals surface area contributed by atoms with Gasteiger partial charge < -0.3 is 15.1 Å². The summed E-state index contributed by atoms with van der Waals surface area (Å²) in [5.74, 6) is -0.847. The molecule has 0 saturated heterocycles. The van der Waals surface area contributed by atoms with Gasteiger partial charge in [-0.05, 0) is 67.4 Å². The second kappa shape index (κ2) is 9.99. The minimum atomic E-state index is -3.74. The molecule has 0 atom stereocenters. The van der Waals surface area contributed by atoms with Gasteiger partial charge >= 0.3 is 0 Å². The van der Waals surface area contributed by atoms with Gasteiger partial charge in [-0.15, -0.1) is 0 Å². The van der Waals surface area contributed by atoms with E-state index in [-0.39, 0.29) is 29.3 Å². The summed E-state index contributed by atoms with van der Waals surface area (Å²) >= 11 is 6.01. The Balaban J connectivity index is 1.61. The Morgan fingerprint density at radius 1 is 0.969 bits per heavy atom. The first-order valence-electron chi connectivity index (χ1n) is 9.67. The second-order valence-corrected chi connectivity index (χ2v) is 9.27. The van der Waals surface area contributed by atoms with Crippen LogP contribution in [0.25, 0.3) is 0 Å². The summed E-state index contributed by atoms with van der Waals surface area (Å²) in [6, 6.07) is 12.5. The highest BCUT2D eigenvalue weighted by atomic mass is 35.5. The van der Waals surface area contributed by atoms with Crippen molar-refractivity contribution in [2.45, 2.75) is 25.2 Å². The fourth-order valence-corrected chi connectivity index (χ4v) is 4.09. The van der Waals surface area contributed by atoms with Gasteiger partial charge in [0.15, 0.2) is 5.76 Å². The second-order valence-electron chi connectivity index (χ2n) is 7.06. The molecule has 3 N–H and O–H groups in total. The summed E-state index contributed by atoms with van der Waals surface area (Å²) in [6.07, 6.45) is 1.26. The molecule has 1 heterocycles. The summed E-state index contributed by atoms with van der Waals surface area (Å²) in [7, 11) is -3.74. The lowest BCUT2D eigenvalue weighted by Crippen LogP contribution is -2.28. The summed E-state index contributed by atoms with van der Waals surface area (Å²) < 4.78 is 32.4. The lowest BCUT2D eigenvalue weighted by Gasteiger charge is -2.13. The van der Waals surface area contributed by atoms with E-state index in [1.165, 1.54) is 30.5 Å². The molecule has 0 unspecified atom stereocenters. The van der Waals surface area contributed by atoms with Crippen molar-refractivity contribution in [3.8, 4) is 0 Å². The van der Waals surface area contributed by atoms with Gasteiger partial charge in [0, 0.05) is 18.0 Å². The van der Waals surface area contributed by atoms with Crippen LogP contribution < -0.4 is 15.4 Å². The predicted octanol–water partition coefficient (Wildman–Crippen LogP) is 4.11. The van der Waals surface area contributed by atoms with Crippen molar-refractivity contribution in [1.29, 1.82) is 0 Å². The van der Waals surface area contributed by atoms with Crippen molar-refractivity contribution in [3.05, 3.63) is 76.7 Å². The SMILES string of the molecule is Cc1ccc(S(=O)(=O)NCCC(=O)Nc2ccc(Cl)cc2NC(=O)c2ccco2)cc1C. The third-order valence-electron chi connectivity index (χ3n) is 4.68. The average Bonchev–Trinajstić information content (AvgIpc) is 3.27. The normalized spacial score (nSPS) is 11.2. The largest absolute Gasteiger partial charge is 0.459 e. The third kappa shape index (κ3) is 5.97. The summed E-state index contributed by atoms with van der Waals surface area (Å²) in [5, 5.41) is 5.64. The van der Waals surface area contributed by atoms with E-state index in [0.29, 0.717) is 10.7 Å². The van der Waals surface area contributed by atoms with Crippen LogP contribution in [0.5, 0.6) is 0 Å². The molecule has 3 rings (SSSR count). The Bertz CT molecular complexity index is 1240. The van der Waals surface area contributed by atoms with Crippen LogP contribution in [-0.2, 0) is 14.8 Å². The smallest absolute Gasteiger partial charge is 0.291 e. The molecular weight excluding hydrogens is 454 g/mol. The summed E-state index contributed by atoms with van der Waals surface area (Å²) in [6.45, 7) is 3.63. The number of hydrogen-bond acceptors (Lipinski definition) is 5. The molecule has 2 aromatic carbocycles. The molecule has 0 bridgehead atoms. The van der Waals surface area contributed by atoms with Crippen molar-refractivity contribution in [1.82, 2.24) is 4.72 Å². The fourth-order valence-electron chi connectivity index (χ4n) is 2.80. The lowest BCUT2D eigenvalue weighted by atomic mass is 10.1. The maximum absolute atomic E-state index is 12.4. The molecule has 0 saturated carbocycles. The Kier molecular flexibility index (Phi) is 7.34. The average molecular weight is 476 g/mol. The van der Waals surface area contributed by atoms with Crippen LogP contribution in [0.15, 0.2) is 64.1 Å². The van der Waals surface area contributed by atoms with Gasteiger partial charge in [0.2, 0.25) is 15.9 Å². The number of furan rings is 1. The van der Waals surface area contributed by atoms with E-state index in [4.69, 9.17) is 16.0 Å². The number of carbonyl (C=O) groups is 2. The molecule has 0 aliphatic carbocycles. The van der Waals surface area contributed by atoms with Crippen LogP contribution >= 0.6 is 11.6 Å². The molecule has 0 spiro atoms. The summed E-state index contributed by atoms with van der Waals surface area (Å²) in [5.41, 5.74) is 2.44. The minimum Gasteiger partial charge on any atom is -0.459 e. The van der Waals surface area contributed by atoms with E-state index in [1.54, 1.807) is 24.3 Å². The monoisotopic (exact) mass is 475 g/mol. The van der Waals surface area contributed by atoms with Gasteiger partial charge in [-0.1, -0.05) is 17.7 Å². The Morgan fingerprint density at radius 3 is 2.44 bits per heavy atom. The lowest BCUT2D eigenvalue weighted by molar-refractivity contribution is -0.116. The molecule has 0 radical (unpaired) electrons. The minimum absolute atomic E-state index is 0.0945. The molecule has 32 heavy (non-hydrogen) atoms. The first-order valence-corrected chi connectivity index (χ1v) is 11.5. The van der Waals surface area contributed by atoms with E-state index in [9.17, 15) is 18.0 Å². The van der Waals surface area contributed by atoms with Crippen molar-refractivity contribution in [2.24, 2.45) is 0 Å². The number of aryl methyl sites for hydroxylation is 2. The number of nitrogens with one attached hydrogen (secondary N) is 3. The third-order valence-corrected chi connectivity index (χ3v) is 6.38. The Labute approximate surface area is 191 Å². The zero-order chi connectivity index (χ0) is 23.3. The maximum Gasteiger partial charge on any atom is 0.291 e. The number of rotatable bonds is 8. The molecule has 0 aliphatic heterocycles. The number of amides is 2. The van der Waals surface area contributed by atoms with E-state index in [0.717, 1.165) is 11.1 Å². The Hall–Kier alpha value is -3.14. The van der Waals surface area contributed by atoms with E-state index in [1.807, 2.05) is 13.8 Å². The van der Waals surface area contributed by atoms with E-state index in [2.05, 4.69) is 15.4 Å². The fraction of sp³-hybridized carbons (Fsp3) is 0.182. The number of hydrogen-bond donors (Lipinski definition) is 3. The molecule has 8 nitrogen and oxygen atoms in total. The first-order chi connectivity index (χ1) is 15.2. The van der Waals surface area contributed by atoms with Crippen molar-refractivity contribution < 1.29 is 22.4 Å². The molecule has 10 heteroatoms. The van der Waals surface area contributed by atoms with Crippen molar-refractivity contribution in [3.63, 3.8) is 0 Å². The standard InChI is InChI=1S/C22H22ClN3O5S/c1-14-5-7-17(12-15(14)2)32(29,30)24-10-9-21(27)25-18-8-6-16(23)13-19(18)26-22(28)20-4-3-11-31-20/h3-8,11-13,24H,9-10H2,1-2H3,(H,25,27)(H,26,28). The van der Waals surface area contributed by atoms with Crippen LogP contribution in [0.2, 0.25) is 5.02 Å². The van der Waals surface area contributed by atoms with Crippen LogP contribution in [0.4, 0.5) is 11.4 Å². The Morgan fingerprint density at radius 2 is 1.75 bits per heavy atom. The quantitative estimate of drug-likeness (QED) is 0.453. The highest BCUT2D eigenvalue weighted by molar-refractivity contribution is 7.89. The van der Waals surface area contributed by atoms with Crippen LogP contribution in [-0.4, -0.2) is 26.8 Å².